The van der Waals surface area contributed by atoms with Crippen molar-refractivity contribution in [2.45, 2.75) is 75.0 Å². The van der Waals surface area contributed by atoms with Crippen LogP contribution >= 0.6 is 0 Å². The summed E-state index contributed by atoms with van der Waals surface area (Å²) in [5, 5.41) is 25.2. The van der Waals surface area contributed by atoms with Gasteiger partial charge < -0.3 is 25.3 Å². The van der Waals surface area contributed by atoms with Crippen LogP contribution in [0, 0.1) is 5.92 Å². The number of para-hydroxylation sites is 1. The molecule has 4 heterocycles. The molecule has 3 aliphatic heterocycles. The predicted molar refractivity (Wildman–Crippen MR) is 189 cm³/mol. The predicted octanol–water partition coefficient (Wildman–Crippen LogP) is 4.66. The Labute approximate surface area is 287 Å². The van der Waals surface area contributed by atoms with Crippen molar-refractivity contribution >= 4 is 37.2 Å². The molecule has 4 N–H and O–H groups in total. The molecule has 12 heteroatoms. The highest BCUT2D eigenvalue weighted by Gasteiger charge is 2.66. The zero-order chi connectivity index (χ0) is 34.3. The third-order valence-electron chi connectivity index (χ3n) is 10.5. The molecule has 1 spiro atoms. The number of nitrogens with one attached hydrogen (secondary N) is 2. The lowest BCUT2D eigenvalue weighted by molar-refractivity contribution is -0.145. The SMILES string of the molecule is C[C@@H]1[C@@H]([Si](C)(C)O)[C@H](CCn2cc(C(CO)c3ccccc3)nn2)O[C@@]12C(=O)N(c1ccccc1)c1ccc(NC(=O)[C@H]3CCCN3)cc12. The molecule has 4 aromatic rings. The fraction of sp³-hybridized carbons (Fsp3) is 0.405. The van der Waals surface area contributed by atoms with E-state index >= 15 is 0 Å². The first-order valence-electron chi connectivity index (χ1n) is 17.2. The first-order valence-corrected chi connectivity index (χ1v) is 20.2. The minimum absolute atomic E-state index is 0.0973. The van der Waals surface area contributed by atoms with Gasteiger partial charge in [-0.1, -0.05) is 60.7 Å². The highest BCUT2D eigenvalue weighted by Crippen LogP contribution is 2.61. The maximum absolute atomic E-state index is 14.9. The Morgan fingerprint density at radius 2 is 1.86 bits per heavy atom. The number of amides is 2. The van der Waals surface area contributed by atoms with Crippen molar-refractivity contribution < 1.29 is 24.2 Å². The van der Waals surface area contributed by atoms with E-state index in [0.29, 0.717) is 35.6 Å². The van der Waals surface area contributed by atoms with Crippen molar-refractivity contribution in [3.63, 3.8) is 0 Å². The van der Waals surface area contributed by atoms with Crippen LogP contribution in [0.15, 0.2) is 85.1 Å². The van der Waals surface area contributed by atoms with Crippen molar-refractivity contribution in [2.75, 3.05) is 23.4 Å². The van der Waals surface area contributed by atoms with Gasteiger partial charge in [0.05, 0.1) is 36.1 Å². The molecule has 1 aromatic heterocycles. The normalized spacial score (nSPS) is 25.6. The first kappa shape index (κ1) is 33.3. The van der Waals surface area contributed by atoms with Crippen LogP contribution in [0.1, 0.15) is 48.9 Å². The maximum Gasteiger partial charge on any atom is 0.268 e. The van der Waals surface area contributed by atoms with Crippen molar-refractivity contribution in [1.82, 2.24) is 20.3 Å². The number of benzene rings is 3. The molecule has 0 bridgehead atoms. The summed E-state index contributed by atoms with van der Waals surface area (Å²) in [5.74, 6) is -0.966. The lowest BCUT2D eigenvalue weighted by atomic mass is 9.82. The van der Waals surface area contributed by atoms with E-state index in [0.717, 1.165) is 30.6 Å². The zero-order valence-electron chi connectivity index (χ0n) is 28.1. The van der Waals surface area contributed by atoms with E-state index in [9.17, 15) is 19.5 Å². The lowest BCUT2D eigenvalue weighted by Gasteiger charge is -2.32. The number of aliphatic hydroxyl groups is 1. The summed E-state index contributed by atoms with van der Waals surface area (Å²) in [6.07, 6.45) is 3.61. The molecule has 2 fully saturated rings. The summed E-state index contributed by atoms with van der Waals surface area (Å²) in [6, 6.07) is 24.6. The van der Waals surface area contributed by atoms with Gasteiger partial charge in [-0.25, -0.2) is 0 Å². The van der Waals surface area contributed by atoms with Crippen LogP contribution in [0.25, 0.3) is 0 Å². The standard InChI is InChI=1S/C37H44N6O5Si/c1-24-34(49(2,3)47)33(18-20-42-22-31(40-41-42)28(23-44)25-11-6-4-7-12-25)48-37(24)29-21-26(39-35(45)30-15-10-19-38-30)16-17-32(29)43(36(37)46)27-13-8-5-9-14-27/h4-9,11-14,16-17,21-22,24,28,30,33-34,38,44,47H,10,15,18-20,23H2,1-3H3,(H,39,45)/t24-,28?,30-,33+,34-,37+/m1/s1. The highest BCUT2D eigenvalue weighted by atomic mass is 28.4. The Balaban J connectivity index is 1.22. The average molecular weight is 681 g/mol. The number of ether oxygens (including phenoxy) is 1. The van der Waals surface area contributed by atoms with E-state index in [2.05, 4.69) is 20.9 Å². The summed E-state index contributed by atoms with van der Waals surface area (Å²) in [7, 11) is -2.91. The van der Waals surface area contributed by atoms with Crippen LogP contribution in [0.3, 0.4) is 0 Å². The summed E-state index contributed by atoms with van der Waals surface area (Å²) in [6.45, 7) is 6.99. The molecule has 0 saturated carbocycles. The Bertz CT molecular complexity index is 1810. The topological polar surface area (TPSA) is 142 Å². The van der Waals surface area contributed by atoms with Gasteiger partial charge in [-0.2, -0.15) is 0 Å². The van der Waals surface area contributed by atoms with E-state index in [1.807, 2.05) is 105 Å². The molecule has 256 valence electrons. The number of carbonyl (C=O) groups excluding carboxylic acids is 2. The Morgan fingerprint density at radius 3 is 2.53 bits per heavy atom. The van der Waals surface area contributed by atoms with Gasteiger partial charge in [0.2, 0.25) is 5.91 Å². The maximum atomic E-state index is 14.9. The van der Waals surface area contributed by atoms with Crippen LogP contribution in [-0.4, -0.2) is 70.3 Å². The highest BCUT2D eigenvalue weighted by molar-refractivity contribution is 6.71. The molecule has 0 aliphatic carbocycles. The number of hydrogen-bond acceptors (Lipinski definition) is 8. The molecule has 3 aromatic carbocycles. The van der Waals surface area contributed by atoms with Crippen molar-refractivity contribution in [1.29, 1.82) is 0 Å². The monoisotopic (exact) mass is 680 g/mol. The molecular formula is C37H44N6O5Si. The molecule has 11 nitrogen and oxygen atoms in total. The molecule has 0 radical (unpaired) electrons. The van der Waals surface area contributed by atoms with Gasteiger partial charge in [-0.05, 0) is 74.8 Å². The number of carbonyl (C=O) groups is 2. The largest absolute Gasteiger partial charge is 0.432 e. The van der Waals surface area contributed by atoms with E-state index < -0.39 is 20.0 Å². The van der Waals surface area contributed by atoms with Gasteiger partial charge in [-0.3, -0.25) is 19.2 Å². The summed E-state index contributed by atoms with van der Waals surface area (Å²) >= 11 is 0. The second-order valence-corrected chi connectivity index (χ2v) is 18.0. The second kappa shape index (κ2) is 13.3. The van der Waals surface area contributed by atoms with Crippen LogP contribution in [0.5, 0.6) is 0 Å². The van der Waals surface area contributed by atoms with E-state index in [4.69, 9.17) is 4.74 Å². The average Bonchev–Trinajstić information content (AvgIpc) is 3.89. The summed E-state index contributed by atoms with van der Waals surface area (Å²) in [5.41, 5.74) is 2.68. The van der Waals surface area contributed by atoms with Crippen molar-refractivity contribution in [2.24, 2.45) is 5.92 Å². The van der Waals surface area contributed by atoms with E-state index in [1.165, 1.54) is 0 Å². The first-order chi connectivity index (χ1) is 23.6. The molecule has 1 unspecified atom stereocenters. The smallest absolute Gasteiger partial charge is 0.268 e. The van der Waals surface area contributed by atoms with Crippen LogP contribution in [-0.2, 0) is 26.5 Å². The molecule has 6 atom stereocenters. The van der Waals surface area contributed by atoms with Gasteiger partial charge in [0, 0.05) is 41.1 Å². The number of aromatic nitrogens is 3. The Kier molecular flexibility index (Phi) is 9.01. The quantitative estimate of drug-likeness (QED) is 0.177. The third-order valence-corrected chi connectivity index (χ3v) is 13.0. The zero-order valence-corrected chi connectivity index (χ0v) is 29.1. The van der Waals surface area contributed by atoms with Crippen LogP contribution < -0.4 is 15.5 Å². The van der Waals surface area contributed by atoms with Crippen molar-refractivity contribution in [3.05, 3.63) is 102 Å². The number of fused-ring (bicyclic) bond motifs is 2. The fourth-order valence-corrected chi connectivity index (χ4v) is 10.8. The molecule has 49 heavy (non-hydrogen) atoms. The number of aliphatic hydroxyl groups excluding tert-OH is 1. The van der Waals surface area contributed by atoms with Crippen LogP contribution in [0.2, 0.25) is 18.6 Å². The van der Waals surface area contributed by atoms with Gasteiger partial charge in [-0.15, -0.1) is 5.10 Å². The lowest BCUT2D eigenvalue weighted by Crippen LogP contribution is -2.45. The minimum atomic E-state index is -2.91. The van der Waals surface area contributed by atoms with E-state index in [1.54, 1.807) is 9.58 Å². The van der Waals surface area contributed by atoms with Gasteiger partial charge in [0.1, 0.15) is 0 Å². The number of nitrogens with zero attached hydrogens (tertiary/aromatic N) is 4. The molecule has 7 rings (SSSR count). The van der Waals surface area contributed by atoms with Gasteiger partial charge in [0.25, 0.3) is 5.91 Å². The summed E-state index contributed by atoms with van der Waals surface area (Å²) < 4.78 is 8.78. The molecule has 2 saturated heterocycles. The Hall–Kier alpha value is -4.20. The minimum Gasteiger partial charge on any atom is -0.432 e. The van der Waals surface area contributed by atoms with E-state index in [-0.39, 0.29) is 41.8 Å². The number of rotatable bonds is 10. The number of aryl methyl sites for hydroxylation is 1. The number of hydrogen-bond donors (Lipinski definition) is 4. The van der Waals surface area contributed by atoms with Gasteiger partial charge >= 0.3 is 0 Å². The fourth-order valence-electron chi connectivity index (χ4n) is 8.22. The molecular weight excluding hydrogens is 637 g/mol. The second-order valence-electron chi connectivity index (χ2n) is 14.0. The molecule has 3 aliphatic rings. The molecule has 2 amide bonds. The summed E-state index contributed by atoms with van der Waals surface area (Å²) in [4.78, 5) is 41.4. The van der Waals surface area contributed by atoms with Gasteiger partial charge in [0.15, 0.2) is 13.9 Å². The third kappa shape index (κ3) is 6.01. The number of anilines is 3. The van der Waals surface area contributed by atoms with Crippen LogP contribution in [0.4, 0.5) is 17.1 Å². The van der Waals surface area contributed by atoms with Crippen molar-refractivity contribution in [3.8, 4) is 0 Å². The Morgan fingerprint density at radius 1 is 1.12 bits per heavy atom.